The molecule has 2 aromatic rings. The number of benzene rings is 2. The van der Waals surface area contributed by atoms with Gasteiger partial charge in [0.15, 0.2) is 0 Å². The molecule has 0 unspecified atom stereocenters. The molecule has 1 saturated heterocycles. The smallest absolute Gasteiger partial charge is 0.254 e. The van der Waals surface area contributed by atoms with Crippen LogP contribution < -0.4 is 4.72 Å². The number of hydrogen-bond acceptors (Lipinski definition) is 3. The van der Waals surface area contributed by atoms with Gasteiger partial charge in [0.1, 0.15) is 0 Å². The number of halogens is 1. The number of hydrogen-bond donors (Lipinski definition) is 1. The third-order valence-corrected chi connectivity index (χ3v) is 5.13. The van der Waals surface area contributed by atoms with Gasteiger partial charge in [0.25, 0.3) is 5.91 Å². The highest BCUT2D eigenvalue weighted by Crippen LogP contribution is 2.34. The van der Waals surface area contributed by atoms with Crippen LogP contribution in [-0.2, 0) is 10.0 Å². The van der Waals surface area contributed by atoms with Crippen molar-refractivity contribution >= 4 is 33.2 Å². The second-order valence-corrected chi connectivity index (χ2v) is 8.29. The lowest BCUT2D eigenvalue weighted by Crippen LogP contribution is -2.30. The van der Waals surface area contributed by atoms with Crippen molar-refractivity contribution in [2.24, 2.45) is 0 Å². The summed E-state index contributed by atoms with van der Waals surface area (Å²) in [6.45, 7) is 0.676. The summed E-state index contributed by atoms with van der Waals surface area (Å²) in [5.41, 5.74) is 1.74. The molecule has 2 aromatic carbocycles. The Kier molecular flexibility index (Phi) is 5.01. The van der Waals surface area contributed by atoms with Gasteiger partial charge in [-0.1, -0.05) is 41.9 Å². The second kappa shape index (κ2) is 7.06. The van der Waals surface area contributed by atoms with Crippen molar-refractivity contribution in [1.29, 1.82) is 0 Å². The lowest BCUT2D eigenvalue weighted by Gasteiger charge is -2.25. The molecule has 0 saturated carbocycles. The van der Waals surface area contributed by atoms with E-state index in [1.807, 2.05) is 35.2 Å². The van der Waals surface area contributed by atoms with E-state index in [-0.39, 0.29) is 22.7 Å². The number of sulfonamides is 1. The zero-order chi connectivity index (χ0) is 18.0. The molecule has 0 aliphatic carbocycles. The van der Waals surface area contributed by atoms with Crippen LogP contribution in [0.3, 0.4) is 0 Å². The fraction of sp³-hybridized carbons (Fsp3) is 0.278. The first kappa shape index (κ1) is 17.8. The van der Waals surface area contributed by atoms with Crippen LogP contribution in [0.4, 0.5) is 5.69 Å². The lowest BCUT2D eigenvalue weighted by atomic mass is 10.0. The lowest BCUT2D eigenvalue weighted by molar-refractivity contribution is 0.0735. The number of carbonyl (C=O) groups is 1. The molecule has 1 N–H and O–H groups in total. The number of anilines is 1. The van der Waals surface area contributed by atoms with Crippen LogP contribution in [0.1, 0.15) is 34.8 Å². The third-order valence-electron chi connectivity index (χ3n) is 4.21. The summed E-state index contributed by atoms with van der Waals surface area (Å²) < 4.78 is 25.3. The molecule has 1 fully saturated rings. The summed E-state index contributed by atoms with van der Waals surface area (Å²) in [6, 6.07) is 14.6. The second-order valence-electron chi connectivity index (χ2n) is 6.14. The summed E-state index contributed by atoms with van der Waals surface area (Å²) in [6.07, 6.45) is 2.90. The summed E-state index contributed by atoms with van der Waals surface area (Å²) in [4.78, 5) is 14.8. The predicted octanol–water partition coefficient (Wildman–Crippen LogP) is 3.69. The van der Waals surface area contributed by atoms with Crippen LogP contribution in [0.15, 0.2) is 48.5 Å². The van der Waals surface area contributed by atoms with Crippen LogP contribution in [0.2, 0.25) is 5.02 Å². The zero-order valence-corrected chi connectivity index (χ0v) is 15.3. The van der Waals surface area contributed by atoms with Crippen molar-refractivity contribution in [3.63, 3.8) is 0 Å². The zero-order valence-electron chi connectivity index (χ0n) is 13.8. The molecule has 3 rings (SSSR count). The van der Waals surface area contributed by atoms with E-state index in [4.69, 9.17) is 11.6 Å². The Morgan fingerprint density at radius 3 is 2.60 bits per heavy atom. The molecule has 1 atom stereocenters. The highest BCUT2D eigenvalue weighted by Gasteiger charge is 2.30. The van der Waals surface area contributed by atoms with Gasteiger partial charge >= 0.3 is 0 Å². The van der Waals surface area contributed by atoms with E-state index in [0.717, 1.165) is 24.7 Å². The Morgan fingerprint density at radius 1 is 1.20 bits per heavy atom. The maximum atomic E-state index is 13.0. The van der Waals surface area contributed by atoms with Crippen molar-refractivity contribution < 1.29 is 13.2 Å². The fourth-order valence-electron chi connectivity index (χ4n) is 3.13. The maximum Gasteiger partial charge on any atom is 0.254 e. The van der Waals surface area contributed by atoms with Gasteiger partial charge in [0, 0.05) is 12.1 Å². The molecule has 0 aromatic heterocycles. The molecule has 1 aliphatic rings. The van der Waals surface area contributed by atoms with Crippen LogP contribution in [-0.4, -0.2) is 32.0 Å². The number of amides is 1. The normalized spacial score (nSPS) is 17.5. The largest absolute Gasteiger partial charge is 0.332 e. The van der Waals surface area contributed by atoms with Gasteiger partial charge in [0.2, 0.25) is 10.0 Å². The van der Waals surface area contributed by atoms with E-state index >= 15 is 0 Å². The molecule has 1 aliphatic heterocycles. The molecular weight excluding hydrogens is 360 g/mol. The summed E-state index contributed by atoms with van der Waals surface area (Å²) in [5.74, 6) is -0.125. The van der Waals surface area contributed by atoms with Crippen LogP contribution in [0.25, 0.3) is 0 Å². The highest BCUT2D eigenvalue weighted by molar-refractivity contribution is 7.92. The van der Waals surface area contributed by atoms with Gasteiger partial charge in [0.05, 0.1) is 23.0 Å². The topological polar surface area (TPSA) is 66.5 Å². The highest BCUT2D eigenvalue weighted by atomic mass is 35.5. The van der Waals surface area contributed by atoms with Gasteiger partial charge in [-0.3, -0.25) is 9.52 Å². The van der Waals surface area contributed by atoms with Crippen molar-refractivity contribution in [3.8, 4) is 0 Å². The van der Waals surface area contributed by atoms with E-state index in [9.17, 15) is 13.2 Å². The number of rotatable bonds is 4. The summed E-state index contributed by atoms with van der Waals surface area (Å²) >= 11 is 6.04. The Bertz CT molecular complexity index is 884. The van der Waals surface area contributed by atoms with E-state index in [2.05, 4.69) is 4.72 Å². The fourth-order valence-corrected chi connectivity index (χ4v) is 3.92. The molecule has 0 radical (unpaired) electrons. The maximum absolute atomic E-state index is 13.0. The predicted molar refractivity (Wildman–Crippen MR) is 99.4 cm³/mol. The monoisotopic (exact) mass is 378 g/mol. The quantitative estimate of drug-likeness (QED) is 0.882. The van der Waals surface area contributed by atoms with Gasteiger partial charge < -0.3 is 4.90 Å². The minimum atomic E-state index is -3.47. The SMILES string of the molecule is CS(=O)(=O)Nc1cc(C(=O)N2CCC[C@H]2c2ccccc2)ccc1Cl. The van der Waals surface area contributed by atoms with Crippen molar-refractivity contribution in [1.82, 2.24) is 4.90 Å². The Hall–Kier alpha value is -2.05. The van der Waals surface area contributed by atoms with E-state index in [0.29, 0.717) is 12.1 Å². The van der Waals surface area contributed by atoms with Crippen LogP contribution in [0, 0.1) is 0 Å². The van der Waals surface area contributed by atoms with Gasteiger partial charge in [-0.15, -0.1) is 0 Å². The third kappa shape index (κ3) is 4.14. The van der Waals surface area contributed by atoms with E-state index in [1.54, 1.807) is 6.07 Å². The molecular formula is C18H19ClN2O3S. The molecule has 5 nitrogen and oxygen atoms in total. The van der Waals surface area contributed by atoms with E-state index < -0.39 is 10.0 Å². The number of carbonyl (C=O) groups excluding carboxylic acids is 1. The molecule has 0 spiro atoms. The minimum absolute atomic E-state index is 0.0377. The molecule has 25 heavy (non-hydrogen) atoms. The van der Waals surface area contributed by atoms with Crippen molar-refractivity contribution in [2.45, 2.75) is 18.9 Å². The average molecular weight is 379 g/mol. The molecule has 1 amide bonds. The van der Waals surface area contributed by atoms with Crippen molar-refractivity contribution in [2.75, 3.05) is 17.5 Å². The first-order chi connectivity index (χ1) is 11.8. The summed E-state index contributed by atoms with van der Waals surface area (Å²) in [5, 5.41) is 0.253. The first-order valence-corrected chi connectivity index (χ1v) is 10.3. The Balaban J connectivity index is 1.89. The van der Waals surface area contributed by atoms with E-state index in [1.165, 1.54) is 12.1 Å². The van der Waals surface area contributed by atoms with Gasteiger partial charge in [-0.2, -0.15) is 0 Å². The van der Waals surface area contributed by atoms with Gasteiger partial charge in [-0.05, 0) is 36.6 Å². The minimum Gasteiger partial charge on any atom is -0.332 e. The standard InChI is InChI=1S/C18H19ClN2O3S/c1-25(23,24)20-16-12-14(9-10-15(16)19)18(22)21-11-5-8-17(21)13-6-3-2-4-7-13/h2-4,6-7,9-10,12,17,20H,5,8,11H2,1H3/t17-/m0/s1. The summed E-state index contributed by atoms with van der Waals surface area (Å²) in [7, 11) is -3.47. The average Bonchev–Trinajstić information content (AvgIpc) is 3.05. The Labute approximate surface area is 152 Å². The molecule has 0 bridgehead atoms. The Morgan fingerprint density at radius 2 is 1.92 bits per heavy atom. The molecule has 1 heterocycles. The number of nitrogens with one attached hydrogen (secondary N) is 1. The van der Waals surface area contributed by atoms with Crippen molar-refractivity contribution in [3.05, 3.63) is 64.7 Å². The molecule has 7 heteroatoms. The van der Waals surface area contributed by atoms with Crippen LogP contribution in [0.5, 0.6) is 0 Å². The number of nitrogens with zero attached hydrogens (tertiary/aromatic N) is 1. The van der Waals surface area contributed by atoms with Crippen LogP contribution >= 0.6 is 11.6 Å². The van der Waals surface area contributed by atoms with Gasteiger partial charge in [-0.25, -0.2) is 8.42 Å². The first-order valence-electron chi connectivity index (χ1n) is 7.98. The molecule has 132 valence electrons. The number of likely N-dealkylation sites (tertiary alicyclic amines) is 1.